The number of fused-ring (bicyclic) bond motifs is 5. The summed E-state index contributed by atoms with van der Waals surface area (Å²) in [5, 5.41) is 19.4. The number of pyridine rings is 2. The standard InChI is InChI=1S/C26H28N4O5/c1-3-9-27-10-11-35-28-13-17-16-7-5-6-8-21(16)29-23-18(17)14-30-22(23)12-20-19(24(30)31)15-34-25(32)26(20,33)4-2/h5-8,12-13,27,33H,3-4,9-11,14-15H2,1-2H3/b28-13+/t26-/m0/s1. The van der Waals surface area contributed by atoms with Crippen molar-refractivity contribution in [2.45, 2.75) is 45.4 Å². The fourth-order valence-corrected chi connectivity index (χ4v) is 4.77. The van der Waals surface area contributed by atoms with E-state index in [-0.39, 0.29) is 18.6 Å². The van der Waals surface area contributed by atoms with Crippen LogP contribution in [0.15, 0.2) is 40.3 Å². The summed E-state index contributed by atoms with van der Waals surface area (Å²) < 4.78 is 6.78. The normalized spacial score (nSPS) is 18.4. The minimum atomic E-state index is -1.86. The summed E-state index contributed by atoms with van der Waals surface area (Å²) in [5.41, 5.74) is 2.06. The number of benzene rings is 1. The maximum absolute atomic E-state index is 13.4. The number of para-hydroxylation sites is 1. The Balaban J connectivity index is 1.60. The number of nitrogens with zero attached hydrogens (tertiary/aromatic N) is 3. The third kappa shape index (κ3) is 3.81. The summed E-state index contributed by atoms with van der Waals surface area (Å²) in [4.78, 5) is 36.1. The molecule has 5 rings (SSSR count). The molecule has 0 fully saturated rings. The van der Waals surface area contributed by atoms with Crippen molar-refractivity contribution in [3.8, 4) is 11.4 Å². The number of hydrogen-bond donors (Lipinski definition) is 2. The van der Waals surface area contributed by atoms with Crippen molar-refractivity contribution >= 4 is 23.1 Å². The SMILES string of the molecule is CCCNCCO/N=C/c1c2c(nc3ccccc13)-c1cc3c(c(=O)n1C2)COC(=O)[C@]3(O)CC. The molecule has 2 aliphatic rings. The minimum absolute atomic E-state index is 0.0993. The first-order chi connectivity index (χ1) is 17.0. The molecular formula is C26H28N4O5. The van der Waals surface area contributed by atoms with Gasteiger partial charge in [0.1, 0.15) is 13.2 Å². The topological polar surface area (TPSA) is 115 Å². The van der Waals surface area contributed by atoms with E-state index >= 15 is 0 Å². The van der Waals surface area contributed by atoms with Gasteiger partial charge in [-0.3, -0.25) is 4.79 Å². The third-order valence-corrected chi connectivity index (χ3v) is 6.69. The van der Waals surface area contributed by atoms with Gasteiger partial charge in [-0.15, -0.1) is 0 Å². The number of nitrogens with one attached hydrogen (secondary N) is 1. The fourth-order valence-electron chi connectivity index (χ4n) is 4.77. The molecule has 0 aliphatic carbocycles. The van der Waals surface area contributed by atoms with Gasteiger partial charge in [-0.1, -0.05) is 37.2 Å². The van der Waals surface area contributed by atoms with E-state index in [1.165, 1.54) is 0 Å². The van der Waals surface area contributed by atoms with E-state index in [2.05, 4.69) is 17.4 Å². The summed E-state index contributed by atoms with van der Waals surface area (Å²) in [6.07, 6.45) is 2.83. The van der Waals surface area contributed by atoms with Gasteiger partial charge in [-0.25, -0.2) is 9.78 Å². The first kappa shape index (κ1) is 23.2. The summed E-state index contributed by atoms with van der Waals surface area (Å²) in [7, 11) is 0. The molecule has 0 spiro atoms. The summed E-state index contributed by atoms with van der Waals surface area (Å²) >= 11 is 0. The number of ether oxygens (including phenoxy) is 1. The van der Waals surface area contributed by atoms with Crippen LogP contribution in [-0.4, -0.2) is 46.5 Å². The molecule has 4 heterocycles. The first-order valence-corrected chi connectivity index (χ1v) is 11.9. The van der Waals surface area contributed by atoms with E-state index in [9.17, 15) is 14.7 Å². The van der Waals surface area contributed by atoms with Crippen LogP contribution in [0.25, 0.3) is 22.3 Å². The van der Waals surface area contributed by atoms with Crippen LogP contribution in [0.2, 0.25) is 0 Å². The lowest BCUT2D eigenvalue weighted by Gasteiger charge is -2.31. The van der Waals surface area contributed by atoms with E-state index in [4.69, 9.17) is 14.6 Å². The number of aromatic nitrogens is 2. The van der Waals surface area contributed by atoms with Crippen LogP contribution in [0.5, 0.6) is 0 Å². The molecule has 9 nitrogen and oxygen atoms in total. The number of carbonyl (C=O) groups is 1. The molecule has 2 aliphatic heterocycles. The Bertz CT molecular complexity index is 1400. The zero-order valence-corrected chi connectivity index (χ0v) is 19.8. The lowest BCUT2D eigenvalue weighted by Crippen LogP contribution is -2.44. The van der Waals surface area contributed by atoms with Crippen molar-refractivity contribution < 1.29 is 19.5 Å². The molecule has 182 valence electrons. The van der Waals surface area contributed by atoms with Gasteiger partial charge in [0.15, 0.2) is 5.60 Å². The van der Waals surface area contributed by atoms with Gasteiger partial charge < -0.3 is 24.6 Å². The molecule has 9 heteroatoms. The second-order valence-corrected chi connectivity index (χ2v) is 8.79. The number of esters is 1. The molecule has 2 aromatic heterocycles. The summed E-state index contributed by atoms with van der Waals surface area (Å²) in [6, 6.07) is 9.41. The molecule has 0 amide bonds. The Morgan fingerprint density at radius 2 is 2.09 bits per heavy atom. The second-order valence-electron chi connectivity index (χ2n) is 8.79. The molecule has 0 unspecified atom stereocenters. The monoisotopic (exact) mass is 476 g/mol. The molecular weight excluding hydrogens is 448 g/mol. The third-order valence-electron chi connectivity index (χ3n) is 6.69. The Morgan fingerprint density at radius 3 is 2.89 bits per heavy atom. The highest BCUT2D eigenvalue weighted by molar-refractivity contribution is 6.02. The number of rotatable bonds is 8. The molecule has 0 bridgehead atoms. The zero-order valence-electron chi connectivity index (χ0n) is 19.8. The van der Waals surface area contributed by atoms with Crippen LogP contribution in [0.1, 0.15) is 48.9 Å². The largest absolute Gasteiger partial charge is 0.458 e. The highest BCUT2D eigenvalue weighted by atomic mass is 16.6. The average molecular weight is 477 g/mol. The molecule has 2 N–H and O–H groups in total. The van der Waals surface area contributed by atoms with Gasteiger partial charge in [0.05, 0.1) is 35.2 Å². The number of carbonyl (C=O) groups excluding carboxylic acids is 1. The zero-order chi connectivity index (χ0) is 24.6. The maximum Gasteiger partial charge on any atom is 0.343 e. The van der Waals surface area contributed by atoms with Crippen molar-refractivity contribution in [3.05, 3.63) is 62.9 Å². The Morgan fingerprint density at radius 1 is 1.26 bits per heavy atom. The predicted molar refractivity (Wildman–Crippen MR) is 131 cm³/mol. The number of cyclic esters (lactones) is 1. The Hall–Kier alpha value is -3.56. The van der Waals surface area contributed by atoms with Crippen LogP contribution in [0.3, 0.4) is 0 Å². The van der Waals surface area contributed by atoms with Crippen LogP contribution in [0, 0.1) is 0 Å². The van der Waals surface area contributed by atoms with Crippen molar-refractivity contribution in [2.75, 3.05) is 19.7 Å². The minimum Gasteiger partial charge on any atom is -0.458 e. The van der Waals surface area contributed by atoms with Crippen molar-refractivity contribution in [1.82, 2.24) is 14.9 Å². The molecule has 0 saturated carbocycles. The summed E-state index contributed by atoms with van der Waals surface area (Å²) in [6.45, 7) is 6.01. The van der Waals surface area contributed by atoms with E-state index < -0.39 is 11.6 Å². The number of oxime groups is 1. The van der Waals surface area contributed by atoms with Gasteiger partial charge in [0.25, 0.3) is 5.56 Å². The number of hydrogen-bond acceptors (Lipinski definition) is 8. The Labute approximate surface area is 202 Å². The van der Waals surface area contributed by atoms with Gasteiger partial charge in [0.2, 0.25) is 0 Å². The van der Waals surface area contributed by atoms with Gasteiger partial charge in [-0.2, -0.15) is 0 Å². The van der Waals surface area contributed by atoms with Crippen molar-refractivity contribution in [3.63, 3.8) is 0 Å². The van der Waals surface area contributed by atoms with Gasteiger partial charge >= 0.3 is 5.97 Å². The Kier molecular flexibility index (Phi) is 6.12. The lowest BCUT2D eigenvalue weighted by atomic mass is 9.86. The van der Waals surface area contributed by atoms with Crippen LogP contribution in [0.4, 0.5) is 0 Å². The molecule has 35 heavy (non-hydrogen) atoms. The number of aliphatic hydroxyl groups is 1. The first-order valence-electron chi connectivity index (χ1n) is 11.9. The van der Waals surface area contributed by atoms with E-state index in [1.807, 2.05) is 24.3 Å². The van der Waals surface area contributed by atoms with Gasteiger partial charge in [0, 0.05) is 28.6 Å². The average Bonchev–Trinajstić information content (AvgIpc) is 3.24. The molecule has 3 aromatic rings. The predicted octanol–water partition coefficient (Wildman–Crippen LogP) is 2.43. The van der Waals surface area contributed by atoms with Crippen LogP contribution < -0.4 is 10.9 Å². The highest BCUT2D eigenvalue weighted by Gasteiger charge is 2.45. The van der Waals surface area contributed by atoms with Gasteiger partial charge in [-0.05, 0) is 31.5 Å². The van der Waals surface area contributed by atoms with E-state index in [1.54, 1.807) is 23.8 Å². The van der Waals surface area contributed by atoms with E-state index in [0.29, 0.717) is 42.2 Å². The second kappa shape index (κ2) is 9.24. The van der Waals surface area contributed by atoms with Crippen molar-refractivity contribution in [1.29, 1.82) is 0 Å². The molecule has 1 aromatic carbocycles. The summed E-state index contributed by atoms with van der Waals surface area (Å²) in [5.74, 6) is -0.736. The van der Waals surface area contributed by atoms with E-state index in [0.717, 1.165) is 35.0 Å². The molecule has 1 atom stereocenters. The van der Waals surface area contributed by atoms with Crippen LogP contribution >= 0.6 is 0 Å². The smallest absolute Gasteiger partial charge is 0.343 e. The molecule has 0 saturated heterocycles. The van der Waals surface area contributed by atoms with Crippen LogP contribution in [-0.2, 0) is 33.1 Å². The molecule has 0 radical (unpaired) electrons. The fraction of sp³-hybridized carbons (Fsp3) is 0.385. The highest BCUT2D eigenvalue weighted by Crippen LogP contribution is 2.39. The lowest BCUT2D eigenvalue weighted by molar-refractivity contribution is -0.172. The quantitative estimate of drug-likeness (QED) is 0.174. The van der Waals surface area contributed by atoms with Crippen molar-refractivity contribution in [2.24, 2.45) is 5.16 Å². The maximum atomic E-state index is 13.4.